The van der Waals surface area contributed by atoms with Gasteiger partial charge in [0.05, 0.1) is 30.1 Å². The number of tetrazole rings is 1. The number of nitrogens with one attached hydrogen (secondary N) is 1. The van der Waals surface area contributed by atoms with Crippen LogP contribution >= 0.6 is 0 Å². The Kier molecular flexibility index (Phi) is 3.30. The van der Waals surface area contributed by atoms with E-state index in [0.29, 0.717) is 12.4 Å². The average Bonchev–Trinajstić information content (AvgIpc) is 3.17. The summed E-state index contributed by atoms with van der Waals surface area (Å²) >= 11 is 0. The maximum absolute atomic E-state index is 10.1. The normalized spacial score (nSPS) is 23.5. The second-order valence-electron chi connectivity index (χ2n) is 5.79. The number of anilines is 1. The van der Waals surface area contributed by atoms with Crippen molar-refractivity contribution in [3.05, 3.63) is 48.3 Å². The molecule has 0 radical (unpaired) electrons. The smallest absolute Gasteiger partial charge is 0.248 e. The van der Waals surface area contributed by atoms with Crippen LogP contribution in [-0.2, 0) is 0 Å². The Hall–Kier alpha value is -2.74. The molecule has 1 aliphatic carbocycles. The summed E-state index contributed by atoms with van der Waals surface area (Å²) in [5.74, 6) is 0.557. The topological polar surface area (TPSA) is 93.7 Å². The third-order valence-corrected chi connectivity index (χ3v) is 4.12. The summed E-state index contributed by atoms with van der Waals surface area (Å²) in [5, 5.41) is 29.5. The van der Waals surface area contributed by atoms with Crippen molar-refractivity contribution in [1.82, 2.24) is 30.0 Å². The Labute approximate surface area is 132 Å². The molecule has 1 fully saturated rings. The van der Waals surface area contributed by atoms with E-state index in [-0.39, 0.29) is 12.1 Å². The average molecular weight is 311 g/mol. The van der Waals surface area contributed by atoms with Gasteiger partial charge in [0.2, 0.25) is 5.95 Å². The van der Waals surface area contributed by atoms with Crippen molar-refractivity contribution < 1.29 is 5.11 Å². The van der Waals surface area contributed by atoms with Crippen LogP contribution < -0.4 is 5.32 Å². The molecule has 2 N–H and O–H groups in total. The molecule has 1 aromatic carbocycles. The molecule has 1 saturated carbocycles. The van der Waals surface area contributed by atoms with Crippen LogP contribution in [0.25, 0.3) is 5.69 Å². The summed E-state index contributed by atoms with van der Waals surface area (Å²) in [7, 11) is 0. The summed E-state index contributed by atoms with van der Waals surface area (Å²) in [4.78, 5) is 0. The van der Waals surface area contributed by atoms with Crippen molar-refractivity contribution >= 4 is 5.95 Å². The lowest BCUT2D eigenvalue weighted by molar-refractivity contribution is 0.0131. The molecule has 2 aromatic heterocycles. The van der Waals surface area contributed by atoms with Crippen molar-refractivity contribution in [2.45, 2.75) is 31.5 Å². The van der Waals surface area contributed by atoms with Gasteiger partial charge < -0.3 is 10.4 Å². The first-order valence-corrected chi connectivity index (χ1v) is 7.51. The molecule has 0 saturated heterocycles. The molecule has 0 amide bonds. The van der Waals surface area contributed by atoms with Crippen molar-refractivity contribution in [3.8, 4) is 5.69 Å². The fourth-order valence-electron chi connectivity index (χ4n) is 2.90. The largest absolute Gasteiger partial charge is 0.391 e. The van der Waals surface area contributed by atoms with Crippen LogP contribution in [0.1, 0.15) is 18.0 Å². The lowest BCUT2D eigenvalue weighted by atomic mass is 9.83. The highest BCUT2D eigenvalue weighted by Gasteiger charge is 2.42. The molecular weight excluding hydrogens is 294 g/mol. The first-order valence-electron chi connectivity index (χ1n) is 7.51. The van der Waals surface area contributed by atoms with Gasteiger partial charge in [-0.25, -0.2) is 0 Å². The summed E-state index contributed by atoms with van der Waals surface area (Å²) in [5.41, 5.74) is 1.95. The summed E-state index contributed by atoms with van der Waals surface area (Å²) in [6, 6.07) is 9.59. The van der Waals surface area contributed by atoms with Crippen LogP contribution in [0.15, 0.2) is 42.7 Å². The maximum Gasteiger partial charge on any atom is 0.248 e. The quantitative estimate of drug-likeness (QED) is 0.745. The number of para-hydroxylation sites is 1. The molecule has 3 aromatic rings. The number of nitrogens with zero attached hydrogens (tertiary/aromatic N) is 6. The summed E-state index contributed by atoms with van der Waals surface area (Å²) in [6.07, 6.45) is 3.93. The SMILES string of the molecule is Cc1cnn([C@H]2[C@H](O)C[C@@H]2Nc2nnnn2-c2ccccc2)c1. The Balaban J connectivity index is 1.56. The Morgan fingerprint density at radius 2 is 2.09 bits per heavy atom. The molecular formula is C15H17N7O. The van der Waals surface area contributed by atoms with Gasteiger partial charge in [-0.2, -0.15) is 9.78 Å². The zero-order valence-electron chi connectivity index (χ0n) is 12.6. The van der Waals surface area contributed by atoms with Crippen molar-refractivity contribution in [2.75, 3.05) is 5.32 Å². The lowest BCUT2D eigenvalue weighted by Gasteiger charge is -2.41. The van der Waals surface area contributed by atoms with E-state index in [2.05, 4.69) is 25.9 Å². The van der Waals surface area contributed by atoms with Crippen molar-refractivity contribution in [2.24, 2.45) is 0 Å². The standard InChI is InChI=1S/C15H17N7O/c1-10-8-16-21(9-10)14-12(7-13(14)23)17-15-18-19-20-22(15)11-5-3-2-4-6-11/h2-6,8-9,12-14,23H,7H2,1H3,(H,17,18,20)/t12-,13+,14+/m0/s1. The second kappa shape index (κ2) is 5.47. The first-order chi connectivity index (χ1) is 11.2. The fourth-order valence-corrected chi connectivity index (χ4v) is 2.90. The molecule has 0 aliphatic heterocycles. The van der Waals surface area contributed by atoms with Crippen LogP contribution in [0.4, 0.5) is 5.95 Å². The van der Waals surface area contributed by atoms with Gasteiger partial charge in [0.1, 0.15) is 0 Å². The fraction of sp³-hybridized carbons (Fsp3) is 0.333. The van der Waals surface area contributed by atoms with Gasteiger partial charge in [0.25, 0.3) is 0 Å². The van der Waals surface area contributed by atoms with Crippen molar-refractivity contribution in [3.63, 3.8) is 0 Å². The molecule has 0 spiro atoms. The van der Waals surface area contributed by atoms with Crippen LogP contribution in [0.5, 0.6) is 0 Å². The molecule has 8 heteroatoms. The van der Waals surface area contributed by atoms with Gasteiger partial charge in [-0.1, -0.05) is 23.3 Å². The molecule has 23 heavy (non-hydrogen) atoms. The number of hydrogen-bond acceptors (Lipinski definition) is 6. The third-order valence-electron chi connectivity index (χ3n) is 4.12. The third kappa shape index (κ3) is 2.46. The number of aliphatic hydroxyl groups is 1. The molecule has 8 nitrogen and oxygen atoms in total. The van der Waals surface area contributed by atoms with Crippen LogP contribution in [0.3, 0.4) is 0 Å². The van der Waals surface area contributed by atoms with Gasteiger partial charge in [-0.05, 0) is 41.5 Å². The van der Waals surface area contributed by atoms with Gasteiger partial charge in [-0.3, -0.25) is 4.68 Å². The van der Waals surface area contributed by atoms with E-state index in [4.69, 9.17) is 0 Å². The van der Waals surface area contributed by atoms with E-state index < -0.39 is 6.10 Å². The van der Waals surface area contributed by atoms with Crippen LogP contribution in [0.2, 0.25) is 0 Å². The number of rotatable bonds is 4. The monoisotopic (exact) mass is 311 g/mol. The number of aliphatic hydroxyl groups excluding tert-OH is 1. The number of benzene rings is 1. The zero-order valence-corrected chi connectivity index (χ0v) is 12.6. The number of hydrogen-bond donors (Lipinski definition) is 2. The van der Waals surface area contributed by atoms with Crippen LogP contribution in [-0.4, -0.2) is 47.2 Å². The van der Waals surface area contributed by atoms with Gasteiger partial charge >= 0.3 is 0 Å². The minimum atomic E-state index is -0.423. The van der Waals surface area contributed by atoms with E-state index in [0.717, 1.165) is 11.3 Å². The summed E-state index contributed by atoms with van der Waals surface area (Å²) < 4.78 is 3.45. The molecule has 0 unspecified atom stereocenters. The van der Waals surface area contributed by atoms with Gasteiger partial charge in [-0.15, -0.1) is 0 Å². The number of aromatic nitrogens is 6. The Bertz CT molecular complexity index is 797. The van der Waals surface area contributed by atoms with E-state index in [1.165, 1.54) is 0 Å². The number of aryl methyl sites for hydroxylation is 1. The van der Waals surface area contributed by atoms with E-state index in [1.807, 2.05) is 43.5 Å². The van der Waals surface area contributed by atoms with E-state index >= 15 is 0 Å². The highest BCUT2D eigenvalue weighted by Crippen LogP contribution is 2.34. The minimum Gasteiger partial charge on any atom is -0.391 e. The predicted molar refractivity (Wildman–Crippen MR) is 83.2 cm³/mol. The van der Waals surface area contributed by atoms with Gasteiger partial charge in [0.15, 0.2) is 0 Å². The molecule has 4 rings (SSSR count). The van der Waals surface area contributed by atoms with Crippen LogP contribution in [0, 0.1) is 6.92 Å². The molecule has 0 bridgehead atoms. The Morgan fingerprint density at radius 1 is 1.26 bits per heavy atom. The van der Waals surface area contributed by atoms with Crippen molar-refractivity contribution in [1.29, 1.82) is 0 Å². The predicted octanol–water partition coefficient (Wildman–Crippen LogP) is 0.954. The zero-order chi connectivity index (χ0) is 15.8. The highest BCUT2D eigenvalue weighted by molar-refractivity contribution is 5.39. The van der Waals surface area contributed by atoms with E-state index in [9.17, 15) is 5.11 Å². The first kappa shape index (κ1) is 13.9. The maximum atomic E-state index is 10.1. The highest BCUT2D eigenvalue weighted by atomic mass is 16.3. The minimum absolute atomic E-state index is 0.0257. The van der Waals surface area contributed by atoms with E-state index in [1.54, 1.807) is 15.6 Å². The van der Waals surface area contributed by atoms with Gasteiger partial charge in [0, 0.05) is 6.20 Å². The molecule has 118 valence electrons. The second-order valence-corrected chi connectivity index (χ2v) is 5.79. The lowest BCUT2D eigenvalue weighted by Crippen LogP contribution is -2.51. The molecule has 1 aliphatic rings. The molecule has 2 heterocycles. The summed E-state index contributed by atoms with van der Waals surface area (Å²) in [6.45, 7) is 1.98. The molecule has 3 atom stereocenters. The Morgan fingerprint density at radius 3 is 2.78 bits per heavy atom.